The lowest BCUT2D eigenvalue weighted by molar-refractivity contribution is -0.143. The Kier molecular flexibility index (Phi) is 6.12. The molecule has 2 aliphatic rings. The fourth-order valence-electron chi connectivity index (χ4n) is 2.82. The second kappa shape index (κ2) is 8.75. The fraction of sp³-hybridized carbons (Fsp3) is 0.333. The number of oxime groups is 1. The van der Waals surface area contributed by atoms with E-state index in [9.17, 15) is 24.3 Å². The number of nitrogen functional groups attached to an aromatic ring is 1. The number of methoxy groups -OCH3 is 1. The average Bonchev–Trinajstić information content (AvgIpc) is 3.34. The van der Waals surface area contributed by atoms with E-state index in [-0.39, 0.29) is 25.4 Å². The van der Waals surface area contributed by atoms with Crippen molar-refractivity contribution in [2.45, 2.75) is 12.6 Å². The van der Waals surface area contributed by atoms with Gasteiger partial charge < -0.3 is 25.7 Å². The zero-order chi connectivity index (χ0) is 21.8. The van der Waals surface area contributed by atoms with Crippen LogP contribution >= 0.6 is 11.3 Å². The first kappa shape index (κ1) is 21.0. The van der Waals surface area contributed by atoms with Gasteiger partial charge in [0.25, 0.3) is 11.8 Å². The van der Waals surface area contributed by atoms with E-state index < -0.39 is 35.6 Å². The summed E-state index contributed by atoms with van der Waals surface area (Å²) in [5, 5.41) is 22.0. The molecule has 1 fully saturated rings. The third kappa shape index (κ3) is 4.47. The van der Waals surface area contributed by atoms with E-state index in [4.69, 9.17) is 10.6 Å². The van der Waals surface area contributed by atoms with Gasteiger partial charge in [0.05, 0.1) is 25.0 Å². The number of carboxylic acid groups (broad SMARTS) is 1. The van der Waals surface area contributed by atoms with Crippen LogP contribution in [0.3, 0.4) is 0 Å². The van der Waals surface area contributed by atoms with Crippen LogP contribution in [0, 0.1) is 0 Å². The highest BCUT2D eigenvalue weighted by atomic mass is 32.1. The van der Waals surface area contributed by atoms with E-state index in [1.54, 1.807) is 5.38 Å². The standard InChI is InChI=1S/C15H17N7O7S/c1-28-15(27)20-8-3-21-4-9(12(24)22(21)11(8)13(25)26)19-10(23)2-17-29-5-7-6-30-14(16)18-7/h2,6,9H,3-5H2,1H3,(H2,16,18)(H,19,23)(H,20,27)(H,25,26)/b17-2-. The van der Waals surface area contributed by atoms with Crippen LogP contribution in [0.15, 0.2) is 21.9 Å². The smallest absolute Gasteiger partial charge is 0.411 e. The number of anilines is 1. The number of aromatic nitrogens is 1. The number of nitrogens with two attached hydrogens (primary N) is 1. The molecule has 0 aromatic carbocycles. The summed E-state index contributed by atoms with van der Waals surface area (Å²) < 4.78 is 4.45. The molecular weight excluding hydrogens is 422 g/mol. The van der Waals surface area contributed by atoms with Crippen molar-refractivity contribution in [2.75, 3.05) is 25.9 Å². The number of hydrogen-bond donors (Lipinski definition) is 4. The number of carbonyl (C=O) groups excluding carboxylic acids is 3. The van der Waals surface area contributed by atoms with Gasteiger partial charge in [0.2, 0.25) is 0 Å². The third-order valence-electron chi connectivity index (χ3n) is 4.01. The Morgan fingerprint density at radius 1 is 1.50 bits per heavy atom. The molecule has 3 amide bonds. The Morgan fingerprint density at radius 2 is 2.27 bits per heavy atom. The van der Waals surface area contributed by atoms with Crippen molar-refractivity contribution in [3.8, 4) is 0 Å². The van der Waals surface area contributed by atoms with Crippen molar-refractivity contribution < 1.29 is 33.9 Å². The molecule has 1 saturated heterocycles. The molecule has 1 aromatic heterocycles. The van der Waals surface area contributed by atoms with Gasteiger partial charge in [-0.3, -0.25) is 14.9 Å². The summed E-state index contributed by atoms with van der Waals surface area (Å²) in [4.78, 5) is 56.4. The van der Waals surface area contributed by atoms with Crippen molar-refractivity contribution in [3.63, 3.8) is 0 Å². The van der Waals surface area contributed by atoms with Gasteiger partial charge in [0, 0.05) is 11.9 Å². The quantitative estimate of drug-likeness (QED) is 0.285. The van der Waals surface area contributed by atoms with Gasteiger partial charge in [-0.15, -0.1) is 11.3 Å². The first-order chi connectivity index (χ1) is 14.3. The molecule has 1 unspecified atom stereocenters. The van der Waals surface area contributed by atoms with Gasteiger partial charge in [-0.1, -0.05) is 5.16 Å². The number of amides is 3. The van der Waals surface area contributed by atoms with Crippen molar-refractivity contribution in [1.82, 2.24) is 25.6 Å². The number of aliphatic carboxylic acids is 1. The van der Waals surface area contributed by atoms with Crippen molar-refractivity contribution >= 4 is 46.6 Å². The van der Waals surface area contributed by atoms with Gasteiger partial charge in [-0.05, 0) is 0 Å². The topological polar surface area (TPSA) is 189 Å². The van der Waals surface area contributed by atoms with Gasteiger partial charge in [-0.25, -0.2) is 24.6 Å². The zero-order valence-corrected chi connectivity index (χ0v) is 16.3. The Bertz CT molecular complexity index is 944. The third-order valence-corrected chi connectivity index (χ3v) is 4.73. The number of thiazole rings is 1. The van der Waals surface area contributed by atoms with E-state index in [1.807, 2.05) is 0 Å². The van der Waals surface area contributed by atoms with Gasteiger partial charge >= 0.3 is 12.1 Å². The zero-order valence-electron chi connectivity index (χ0n) is 15.5. The van der Waals surface area contributed by atoms with Crippen LogP contribution in [0.1, 0.15) is 5.69 Å². The van der Waals surface area contributed by atoms with Crippen LogP contribution in [0.5, 0.6) is 0 Å². The molecule has 0 bridgehead atoms. The second-order valence-corrected chi connectivity index (χ2v) is 6.88. The normalized spacial score (nSPS) is 18.6. The van der Waals surface area contributed by atoms with Crippen LogP contribution in [0.4, 0.5) is 9.93 Å². The van der Waals surface area contributed by atoms with E-state index in [2.05, 4.69) is 25.5 Å². The fourth-order valence-corrected chi connectivity index (χ4v) is 3.36. The molecule has 1 atom stereocenters. The molecule has 14 nitrogen and oxygen atoms in total. The maximum Gasteiger partial charge on any atom is 0.411 e. The van der Waals surface area contributed by atoms with Crippen LogP contribution in [-0.2, 0) is 30.6 Å². The van der Waals surface area contributed by atoms with Gasteiger partial charge in [-0.2, -0.15) is 0 Å². The molecule has 160 valence electrons. The lowest BCUT2D eigenvalue weighted by Crippen LogP contribution is -2.43. The number of carbonyl (C=O) groups is 4. The minimum absolute atomic E-state index is 0.000500. The number of hydrogen-bond acceptors (Lipinski definition) is 11. The van der Waals surface area contributed by atoms with Gasteiger partial charge in [0.15, 0.2) is 17.4 Å². The lowest BCUT2D eigenvalue weighted by Gasteiger charge is -2.18. The summed E-state index contributed by atoms with van der Waals surface area (Å²) in [5.41, 5.74) is 5.63. The molecule has 0 saturated carbocycles. The minimum Gasteiger partial charge on any atom is -0.476 e. The summed E-state index contributed by atoms with van der Waals surface area (Å²) in [5.74, 6) is -2.79. The number of nitrogens with one attached hydrogen (secondary N) is 2. The number of rotatable bonds is 7. The molecule has 15 heteroatoms. The molecule has 3 heterocycles. The summed E-state index contributed by atoms with van der Waals surface area (Å²) in [6, 6.07) is -1.00. The number of fused-ring (bicyclic) bond motifs is 1. The molecule has 1 aromatic rings. The summed E-state index contributed by atoms with van der Waals surface area (Å²) in [6.45, 7) is -0.0343. The van der Waals surface area contributed by atoms with Crippen molar-refractivity contribution in [3.05, 3.63) is 22.5 Å². The average molecular weight is 439 g/mol. The maximum absolute atomic E-state index is 12.6. The Labute approximate surface area is 172 Å². The first-order valence-electron chi connectivity index (χ1n) is 8.36. The Hall–Kier alpha value is -3.72. The Morgan fingerprint density at radius 3 is 2.90 bits per heavy atom. The molecular formula is C15H17N7O7S. The molecule has 2 aliphatic heterocycles. The number of hydrazine groups is 1. The van der Waals surface area contributed by atoms with Crippen molar-refractivity contribution in [2.24, 2.45) is 5.16 Å². The number of alkyl carbamates (subject to hydrolysis) is 1. The summed E-state index contributed by atoms with van der Waals surface area (Å²) in [6.07, 6.45) is -0.0140. The van der Waals surface area contributed by atoms with Crippen LogP contribution < -0.4 is 16.4 Å². The van der Waals surface area contributed by atoms with Gasteiger partial charge in [0.1, 0.15) is 12.3 Å². The van der Waals surface area contributed by atoms with Crippen LogP contribution in [-0.4, -0.2) is 76.4 Å². The van der Waals surface area contributed by atoms with E-state index in [0.717, 1.165) is 18.3 Å². The van der Waals surface area contributed by atoms with Crippen molar-refractivity contribution in [1.29, 1.82) is 0 Å². The molecule has 0 spiro atoms. The summed E-state index contributed by atoms with van der Waals surface area (Å²) in [7, 11) is 1.13. The lowest BCUT2D eigenvalue weighted by atomic mass is 10.2. The molecule has 3 rings (SSSR count). The highest BCUT2D eigenvalue weighted by Gasteiger charge is 2.48. The predicted octanol–water partition coefficient (Wildman–Crippen LogP) is -1.56. The highest BCUT2D eigenvalue weighted by Crippen LogP contribution is 2.28. The summed E-state index contributed by atoms with van der Waals surface area (Å²) >= 11 is 1.24. The molecule has 0 aliphatic carbocycles. The van der Waals surface area contributed by atoms with E-state index in [1.165, 1.54) is 16.3 Å². The maximum atomic E-state index is 12.6. The molecule has 5 N–H and O–H groups in total. The first-order valence-corrected chi connectivity index (χ1v) is 9.24. The van der Waals surface area contributed by atoms with Crippen LogP contribution in [0.2, 0.25) is 0 Å². The largest absolute Gasteiger partial charge is 0.476 e. The molecule has 0 radical (unpaired) electrons. The Balaban J connectivity index is 1.57. The SMILES string of the molecule is COC(=O)NC1=C(C(=O)O)N2C(=O)C(NC(=O)/C=N\OCc3csc(N)n3)CN2C1. The number of carboxylic acids is 1. The van der Waals surface area contributed by atoms with E-state index >= 15 is 0 Å². The highest BCUT2D eigenvalue weighted by molar-refractivity contribution is 7.13. The minimum atomic E-state index is -1.41. The number of nitrogens with zero attached hydrogens (tertiary/aromatic N) is 4. The monoisotopic (exact) mass is 439 g/mol. The molecule has 30 heavy (non-hydrogen) atoms. The van der Waals surface area contributed by atoms with E-state index in [0.29, 0.717) is 10.8 Å². The second-order valence-electron chi connectivity index (χ2n) is 5.99. The number of ether oxygens (including phenoxy) is 1. The predicted molar refractivity (Wildman–Crippen MR) is 100 cm³/mol. The van der Waals surface area contributed by atoms with Crippen LogP contribution in [0.25, 0.3) is 0 Å².